The summed E-state index contributed by atoms with van der Waals surface area (Å²) in [6.45, 7) is 1.08. The summed E-state index contributed by atoms with van der Waals surface area (Å²) >= 11 is 4.62. The largest absolute Gasteiger partial charge is 0.481 e. The van der Waals surface area contributed by atoms with Crippen molar-refractivity contribution in [1.29, 1.82) is 0 Å². The number of carbonyl (C=O) groups excluding carboxylic acids is 1. The number of carboxylic acids is 1. The van der Waals surface area contributed by atoms with Gasteiger partial charge in [-0.3, -0.25) is 9.59 Å². The lowest BCUT2D eigenvalue weighted by atomic mass is 10.1. The molecule has 0 bridgehead atoms. The normalized spacial score (nSPS) is 20.2. The van der Waals surface area contributed by atoms with Crippen LogP contribution in [0.1, 0.15) is 6.42 Å². The number of thiazole rings is 1. The predicted octanol–water partition coefficient (Wildman–Crippen LogP) is 0.685. The van der Waals surface area contributed by atoms with Crippen molar-refractivity contribution < 1.29 is 14.7 Å². The van der Waals surface area contributed by atoms with Crippen molar-refractivity contribution in [3.63, 3.8) is 0 Å². The van der Waals surface area contributed by atoms with E-state index in [1.54, 1.807) is 10.3 Å². The van der Waals surface area contributed by atoms with Gasteiger partial charge in [0.2, 0.25) is 5.91 Å². The summed E-state index contributed by atoms with van der Waals surface area (Å²) in [4.78, 5) is 28.4. The van der Waals surface area contributed by atoms with Crippen molar-refractivity contribution in [3.8, 4) is 0 Å². The predicted molar refractivity (Wildman–Crippen MR) is 66.2 cm³/mol. The fourth-order valence-corrected chi connectivity index (χ4v) is 3.02. The minimum Gasteiger partial charge on any atom is -0.481 e. The molecule has 1 aromatic heterocycles. The zero-order chi connectivity index (χ0) is 12.4. The zero-order valence-electron chi connectivity index (χ0n) is 8.72. The molecule has 8 heteroatoms. The van der Waals surface area contributed by atoms with Gasteiger partial charge in [-0.1, -0.05) is 0 Å². The van der Waals surface area contributed by atoms with Crippen LogP contribution in [0.3, 0.4) is 0 Å². The number of piperazine rings is 1. The van der Waals surface area contributed by atoms with E-state index in [-0.39, 0.29) is 12.3 Å². The number of rotatable bonds is 3. The molecular weight excluding hydrogens is 310 g/mol. The van der Waals surface area contributed by atoms with Gasteiger partial charge in [0.05, 0.1) is 6.42 Å². The average molecular weight is 320 g/mol. The molecule has 1 saturated heterocycles. The summed E-state index contributed by atoms with van der Waals surface area (Å²) in [5, 5.41) is 14.0. The first kappa shape index (κ1) is 12.3. The molecule has 17 heavy (non-hydrogen) atoms. The second-order valence-corrected chi connectivity index (χ2v) is 5.20. The topological polar surface area (TPSA) is 82.5 Å². The third-order valence-electron chi connectivity index (χ3n) is 2.41. The zero-order valence-corrected chi connectivity index (χ0v) is 11.1. The Labute approximate surface area is 110 Å². The molecule has 2 rings (SSSR count). The lowest BCUT2D eigenvalue weighted by Crippen LogP contribution is -2.56. The maximum Gasteiger partial charge on any atom is 0.305 e. The van der Waals surface area contributed by atoms with Crippen molar-refractivity contribution in [3.05, 3.63) is 9.98 Å². The van der Waals surface area contributed by atoms with Crippen LogP contribution in [-0.4, -0.2) is 41.1 Å². The van der Waals surface area contributed by atoms with Crippen molar-refractivity contribution in [2.75, 3.05) is 18.0 Å². The van der Waals surface area contributed by atoms with E-state index in [9.17, 15) is 9.59 Å². The highest BCUT2D eigenvalue weighted by Crippen LogP contribution is 2.26. The average Bonchev–Trinajstić information content (AvgIpc) is 2.67. The Bertz CT molecular complexity index is 450. The number of nitrogens with zero attached hydrogens (tertiary/aromatic N) is 2. The summed E-state index contributed by atoms with van der Waals surface area (Å²) in [7, 11) is 0. The van der Waals surface area contributed by atoms with E-state index < -0.39 is 12.0 Å². The molecule has 1 aliphatic heterocycles. The number of carbonyl (C=O) groups is 2. The van der Waals surface area contributed by atoms with Crippen LogP contribution in [-0.2, 0) is 9.59 Å². The van der Waals surface area contributed by atoms with Crippen molar-refractivity contribution in [2.24, 2.45) is 0 Å². The quantitative estimate of drug-likeness (QED) is 0.856. The Hall–Kier alpha value is -1.15. The Balaban J connectivity index is 2.22. The molecule has 0 aromatic carbocycles. The number of carboxylic acid groups (broad SMARTS) is 1. The first-order valence-corrected chi connectivity index (χ1v) is 6.62. The summed E-state index contributed by atoms with van der Waals surface area (Å²) in [5.41, 5.74) is 0. The van der Waals surface area contributed by atoms with Gasteiger partial charge in [-0.25, -0.2) is 4.98 Å². The van der Waals surface area contributed by atoms with Gasteiger partial charge in [0.15, 0.2) is 5.13 Å². The highest BCUT2D eigenvalue weighted by atomic mass is 79.9. The second kappa shape index (κ2) is 5.01. The van der Waals surface area contributed by atoms with E-state index in [1.807, 2.05) is 0 Å². The fourth-order valence-electron chi connectivity index (χ4n) is 1.69. The minimum atomic E-state index is -0.993. The van der Waals surface area contributed by atoms with E-state index in [4.69, 9.17) is 5.11 Å². The number of halogens is 1. The van der Waals surface area contributed by atoms with E-state index >= 15 is 0 Å². The van der Waals surface area contributed by atoms with Gasteiger partial charge in [0.25, 0.3) is 0 Å². The molecular formula is C9H10BrN3O3S. The van der Waals surface area contributed by atoms with Gasteiger partial charge < -0.3 is 15.3 Å². The summed E-state index contributed by atoms with van der Waals surface area (Å²) in [6, 6.07) is -0.681. The van der Waals surface area contributed by atoms with E-state index in [1.165, 1.54) is 11.3 Å². The number of hydrogen-bond donors (Lipinski definition) is 2. The van der Waals surface area contributed by atoms with Crippen molar-refractivity contribution in [2.45, 2.75) is 12.5 Å². The molecule has 6 nitrogen and oxygen atoms in total. The van der Waals surface area contributed by atoms with Crippen LogP contribution >= 0.6 is 27.3 Å². The molecule has 1 amide bonds. The van der Waals surface area contributed by atoms with Crippen LogP contribution < -0.4 is 10.2 Å². The van der Waals surface area contributed by atoms with Gasteiger partial charge in [0.1, 0.15) is 10.6 Å². The number of amides is 1. The third kappa shape index (κ3) is 2.75. The number of aromatic nitrogens is 1. The maximum atomic E-state index is 11.7. The van der Waals surface area contributed by atoms with Gasteiger partial charge in [-0.15, -0.1) is 11.3 Å². The third-order valence-corrected chi connectivity index (χ3v) is 4.00. The molecule has 1 atom stereocenters. The van der Waals surface area contributed by atoms with Crippen LogP contribution in [0, 0.1) is 0 Å². The molecule has 0 saturated carbocycles. The molecule has 2 N–H and O–H groups in total. The van der Waals surface area contributed by atoms with E-state index in [0.29, 0.717) is 22.8 Å². The lowest BCUT2D eigenvalue weighted by molar-refractivity contribution is -0.139. The smallest absolute Gasteiger partial charge is 0.305 e. The molecule has 0 aliphatic carbocycles. The first-order valence-electron chi connectivity index (χ1n) is 4.95. The molecule has 1 fully saturated rings. The molecule has 1 aliphatic rings. The molecule has 1 unspecified atom stereocenters. The van der Waals surface area contributed by atoms with Crippen LogP contribution in [0.4, 0.5) is 5.13 Å². The van der Waals surface area contributed by atoms with E-state index in [2.05, 4.69) is 26.2 Å². The maximum absolute atomic E-state index is 11.7. The van der Waals surface area contributed by atoms with Gasteiger partial charge in [-0.2, -0.15) is 0 Å². The Morgan fingerprint density at radius 1 is 1.76 bits per heavy atom. The van der Waals surface area contributed by atoms with Crippen molar-refractivity contribution in [1.82, 2.24) is 10.3 Å². The van der Waals surface area contributed by atoms with Crippen LogP contribution in [0.2, 0.25) is 0 Å². The summed E-state index contributed by atoms with van der Waals surface area (Å²) in [6.07, 6.45) is -0.219. The number of aliphatic carboxylic acids is 1. The number of hydrogen-bond acceptors (Lipinski definition) is 5. The molecule has 0 spiro atoms. The fraction of sp³-hybridized carbons (Fsp3) is 0.444. The van der Waals surface area contributed by atoms with Crippen LogP contribution in [0.5, 0.6) is 0 Å². The number of nitrogens with one attached hydrogen (secondary N) is 1. The highest BCUT2D eigenvalue weighted by Gasteiger charge is 2.33. The Morgan fingerprint density at radius 2 is 2.53 bits per heavy atom. The molecule has 0 radical (unpaired) electrons. The minimum absolute atomic E-state index is 0.219. The second-order valence-electron chi connectivity index (χ2n) is 3.55. The SMILES string of the molecule is O=C(O)CC1C(=O)NCCN1c1nc(Br)cs1. The number of anilines is 1. The summed E-state index contributed by atoms with van der Waals surface area (Å²) < 4.78 is 0.692. The van der Waals surface area contributed by atoms with E-state index in [0.717, 1.165) is 0 Å². The van der Waals surface area contributed by atoms with Gasteiger partial charge in [-0.05, 0) is 15.9 Å². The monoisotopic (exact) mass is 319 g/mol. The Morgan fingerprint density at radius 3 is 3.12 bits per heavy atom. The lowest BCUT2D eigenvalue weighted by Gasteiger charge is -2.33. The summed E-state index contributed by atoms with van der Waals surface area (Å²) in [5.74, 6) is -1.25. The van der Waals surface area contributed by atoms with Crippen LogP contribution in [0.25, 0.3) is 0 Å². The van der Waals surface area contributed by atoms with Gasteiger partial charge in [0, 0.05) is 18.5 Å². The molecule has 2 heterocycles. The van der Waals surface area contributed by atoms with Crippen LogP contribution in [0.15, 0.2) is 9.98 Å². The standard InChI is InChI=1S/C9H10BrN3O3S/c10-6-4-17-9(12-6)13-2-1-11-8(16)5(13)3-7(14)15/h4-5H,1-3H2,(H,11,16)(H,14,15). The first-order chi connectivity index (χ1) is 8.08. The molecule has 92 valence electrons. The van der Waals surface area contributed by atoms with Gasteiger partial charge >= 0.3 is 5.97 Å². The van der Waals surface area contributed by atoms with Crippen molar-refractivity contribution >= 4 is 44.3 Å². The molecule has 1 aromatic rings. The highest BCUT2D eigenvalue weighted by molar-refractivity contribution is 9.10. The Kier molecular flexibility index (Phi) is 3.63.